The number of carbonyl (C=O) groups excluding carboxylic acids is 1. The minimum atomic E-state index is -0.511. The van der Waals surface area contributed by atoms with Crippen LogP contribution in [0, 0.1) is 17.7 Å². The maximum absolute atomic E-state index is 13.8. The molecule has 0 bridgehead atoms. The van der Waals surface area contributed by atoms with Gasteiger partial charge in [0.15, 0.2) is 0 Å². The summed E-state index contributed by atoms with van der Waals surface area (Å²) in [7, 11) is 0. The number of aliphatic hydroxyl groups is 1. The molecular formula is C15H18FNO2. The smallest absolute Gasteiger partial charge is 0.253 e. The number of aliphatic hydroxyl groups excluding tert-OH is 1. The van der Waals surface area contributed by atoms with Gasteiger partial charge in [0, 0.05) is 25.1 Å². The normalized spacial score (nSPS) is 9.68. The van der Waals surface area contributed by atoms with Gasteiger partial charge in [0.25, 0.3) is 5.91 Å². The third-order valence-electron chi connectivity index (χ3n) is 2.73. The van der Waals surface area contributed by atoms with Crippen molar-refractivity contribution in [3.8, 4) is 11.8 Å². The number of benzene rings is 1. The summed E-state index contributed by atoms with van der Waals surface area (Å²) in [4.78, 5) is 13.7. The van der Waals surface area contributed by atoms with Crippen LogP contribution in [0.15, 0.2) is 18.2 Å². The van der Waals surface area contributed by atoms with Gasteiger partial charge in [-0.1, -0.05) is 11.8 Å². The van der Waals surface area contributed by atoms with E-state index in [0.717, 1.165) is 0 Å². The van der Waals surface area contributed by atoms with Gasteiger partial charge in [0.2, 0.25) is 0 Å². The lowest BCUT2D eigenvalue weighted by molar-refractivity contribution is 0.0772. The van der Waals surface area contributed by atoms with Gasteiger partial charge in [-0.3, -0.25) is 4.79 Å². The van der Waals surface area contributed by atoms with Crippen molar-refractivity contribution in [2.24, 2.45) is 0 Å². The molecule has 0 spiro atoms. The highest BCUT2D eigenvalue weighted by atomic mass is 19.1. The second-order valence-electron chi connectivity index (χ2n) is 3.95. The maximum Gasteiger partial charge on any atom is 0.253 e. The molecule has 0 fully saturated rings. The molecule has 1 rings (SSSR count). The summed E-state index contributed by atoms with van der Waals surface area (Å²) in [6, 6.07) is 4.28. The summed E-state index contributed by atoms with van der Waals surface area (Å²) < 4.78 is 13.8. The topological polar surface area (TPSA) is 40.5 Å². The van der Waals surface area contributed by atoms with E-state index in [1.165, 1.54) is 12.1 Å². The van der Waals surface area contributed by atoms with Crippen LogP contribution in [0.4, 0.5) is 4.39 Å². The zero-order valence-corrected chi connectivity index (χ0v) is 11.2. The Morgan fingerprint density at radius 1 is 1.37 bits per heavy atom. The third-order valence-corrected chi connectivity index (χ3v) is 2.73. The van der Waals surface area contributed by atoms with E-state index in [-0.39, 0.29) is 18.1 Å². The van der Waals surface area contributed by atoms with Crippen molar-refractivity contribution in [3.05, 3.63) is 35.1 Å². The van der Waals surface area contributed by atoms with Crippen molar-refractivity contribution < 1.29 is 14.3 Å². The van der Waals surface area contributed by atoms with Crippen LogP contribution in [0.3, 0.4) is 0 Å². The predicted octanol–water partition coefficient (Wildman–Crippen LogP) is 2.04. The lowest BCUT2D eigenvalue weighted by Crippen LogP contribution is -2.30. The second kappa shape index (κ2) is 7.55. The van der Waals surface area contributed by atoms with Gasteiger partial charge in [-0.25, -0.2) is 4.39 Å². The van der Waals surface area contributed by atoms with E-state index in [0.29, 0.717) is 25.1 Å². The lowest BCUT2D eigenvalue weighted by atomic mass is 10.1. The van der Waals surface area contributed by atoms with Gasteiger partial charge in [0.05, 0.1) is 12.2 Å². The standard InChI is InChI=1S/C15H18FNO2/c1-3-17(4-2)15(19)13-9-8-12(14(16)11-13)7-5-6-10-18/h8-9,11,18H,3-4,6,10H2,1-2H3. The molecule has 0 aliphatic carbocycles. The van der Waals surface area contributed by atoms with Crippen LogP contribution in [-0.2, 0) is 0 Å². The fourth-order valence-corrected chi connectivity index (χ4v) is 1.66. The molecular weight excluding hydrogens is 245 g/mol. The molecule has 1 aromatic carbocycles. The highest BCUT2D eigenvalue weighted by Gasteiger charge is 2.13. The zero-order chi connectivity index (χ0) is 14.3. The summed E-state index contributed by atoms with van der Waals surface area (Å²) >= 11 is 0. The molecule has 0 aliphatic rings. The zero-order valence-electron chi connectivity index (χ0n) is 11.2. The molecule has 0 heterocycles. The van der Waals surface area contributed by atoms with Gasteiger partial charge in [-0.05, 0) is 32.0 Å². The Kier molecular flexibility index (Phi) is 6.04. The lowest BCUT2D eigenvalue weighted by Gasteiger charge is -2.18. The summed E-state index contributed by atoms with van der Waals surface area (Å²) in [6.07, 6.45) is 0.305. The minimum absolute atomic E-state index is 0.0485. The van der Waals surface area contributed by atoms with Crippen LogP contribution in [0.1, 0.15) is 36.2 Å². The third kappa shape index (κ3) is 4.08. The molecule has 102 valence electrons. The SMILES string of the molecule is CCN(CC)C(=O)c1ccc(C#CCCO)c(F)c1. The molecule has 1 aromatic rings. The quantitative estimate of drug-likeness (QED) is 0.845. The van der Waals surface area contributed by atoms with Crippen molar-refractivity contribution >= 4 is 5.91 Å². The number of hydrogen-bond acceptors (Lipinski definition) is 2. The van der Waals surface area contributed by atoms with Crippen LogP contribution in [0.25, 0.3) is 0 Å². The largest absolute Gasteiger partial charge is 0.395 e. The first-order valence-electron chi connectivity index (χ1n) is 6.32. The average molecular weight is 263 g/mol. The molecule has 4 heteroatoms. The molecule has 1 N–H and O–H groups in total. The Balaban J connectivity index is 2.94. The molecule has 0 saturated carbocycles. The van der Waals surface area contributed by atoms with Gasteiger partial charge < -0.3 is 10.0 Å². The number of halogens is 1. The van der Waals surface area contributed by atoms with Crippen molar-refractivity contribution in [1.29, 1.82) is 0 Å². The van der Waals surface area contributed by atoms with Crippen molar-refractivity contribution in [2.75, 3.05) is 19.7 Å². The monoisotopic (exact) mass is 263 g/mol. The van der Waals surface area contributed by atoms with E-state index in [4.69, 9.17) is 5.11 Å². The maximum atomic E-state index is 13.8. The van der Waals surface area contributed by atoms with Crippen LogP contribution in [0.5, 0.6) is 0 Å². The van der Waals surface area contributed by atoms with E-state index in [1.54, 1.807) is 11.0 Å². The average Bonchev–Trinajstić information content (AvgIpc) is 2.42. The van der Waals surface area contributed by atoms with Crippen molar-refractivity contribution in [3.63, 3.8) is 0 Å². The number of carbonyl (C=O) groups is 1. The highest BCUT2D eigenvalue weighted by Crippen LogP contribution is 2.12. The molecule has 1 amide bonds. The Bertz CT molecular complexity index is 499. The summed E-state index contributed by atoms with van der Waals surface area (Å²) in [6.45, 7) is 4.90. The predicted molar refractivity (Wildman–Crippen MR) is 72.2 cm³/mol. The molecule has 19 heavy (non-hydrogen) atoms. The van der Waals surface area contributed by atoms with Crippen LogP contribution in [-0.4, -0.2) is 35.6 Å². The van der Waals surface area contributed by atoms with E-state index in [1.807, 2.05) is 13.8 Å². The van der Waals surface area contributed by atoms with Gasteiger partial charge in [-0.15, -0.1) is 0 Å². The highest BCUT2D eigenvalue weighted by molar-refractivity contribution is 5.94. The summed E-state index contributed by atoms with van der Waals surface area (Å²) in [5.74, 6) is 4.59. The summed E-state index contributed by atoms with van der Waals surface area (Å²) in [5, 5.41) is 8.60. The van der Waals surface area contributed by atoms with Crippen LogP contribution in [0.2, 0.25) is 0 Å². The fraction of sp³-hybridized carbons (Fsp3) is 0.400. The molecule has 3 nitrogen and oxygen atoms in total. The molecule has 0 aliphatic heterocycles. The van der Waals surface area contributed by atoms with E-state index < -0.39 is 5.82 Å². The van der Waals surface area contributed by atoms with Crippen LogP contribution < -0.4 is 0 Å². The van der Waals surface area contributed by atoms with Crippen molar-refractivity contribution in [2.45, 2.75) is 20.3 Å². The molecule has 0 aromatic heterocycles. The van der Waals surface area contributed by atoms with Crippen molar-refractivity contribution in [1.82, 2.24) is 4.90 Å². The van der Waals surface area contributed by atoms with Gasteiger partial charge >= 0.3 is 0 Å². The number of rotatable bonds is 4. The fourth-order valence-electron chi connectivity index (χ4n) is 1.66. The first-order valence-corrected chi connectivity index (χ1v) is 6.32. The van der Waals surface area contributed by atoms with E-state index >= 15 is 0 Å². The molecule has 0 atom stereocenters. The number of amides is 1. The first-order chi connectivity index (χ1) is 9.13. The number of hydrogen-bond donors (Lipinski definition) is 1. The van der Waals surface area contributed by atoms with Gasteiger partial charge in [-0.2, -0.15) is 0 Å². The Morgan fingerprint density at radius 2 is 2.05 bits per heavy atom. The Labute approximate surface area is 113 Å². The molecule has 0 saturated heterocycles. The Hall–Kier alpha value is -1.86. The number of nitrogens with zero attached hydrogens (tertiary/aromatic N) is 1. The first kappa shape index (κ1) is 15.2. The Morgan fingerprint density at radius 3 is 2.58 bits per heavy atom. The molecule has 0 unspecified atom stereocenters. The van der Waals surface area contributed by atoms with E-state index in [9.17, 15) is 9.18 Å². The van der Waals surface area contributed by atoms with E-state index in [2.05, 4.69) is 11.8 Å². The van der Waals surface area contributed by atoms with Crippen LogP contribution >= 0.6 is 0 Å². The minimum Gasteiger partial charge on any atom is -0.395 e. The molecule has 0 radical (unpaired) electrons. The second-order valence-corrected chi connectivity index (χ2v) is 3.95. The summed E-state index contributed by atoms with van der Waals surface area (Å²) in [5.41, 5.74) is 0.568. The van der Waals surface area contributed by atoms with Gasteiger partial charge in [0.1, 0.15) is 5.82 Å².